The van der Waals surface area contributed by atoms with Crippen LogP contribution in [0.15, 0.2) is 29.6 Å². The van der Waals surface area contributed by atoms with E-state index in [1.807, 2.05) is 19.1 Å². The molecule has 22 heavy (non-hydrogen) atoms. The number of rotatable bonds is 4. The Labute approximate surface area is 134 Å². The standard InChI is InChI=1S/C15H13N3O2S2/c1-3-6-18-14(20)12(7-10-5-4-9(2)21-10)22-15(18)11(8-16)13(17)19/h3-5,7H,1,6H2,2H3,(H2,17,19). The van der Waals surface area contributed by atoms with Crippen LogP contribution in [0.25, 0.3) is 11.6 Å². The molecule has 0 fully saturated rings. The molecule has 0 aromatic carbocycles. The van der Waals surface area contributed by atoms with Gasteiger partial charge in [0.25, 0.3) is 11.5 Å². The van der Waals surface area contributed by atoms with E-state index in [1.165, 1.54) is 10.6 Å². The van der Waals surface area contributed by atoms with Gasteiger partial charge in [-0.2, -0.15) is 5.26 Å². The largest absolute Gasteiger partial charge is 0.365 e. The van der Waals surface area contributed by atoms with Crippen molar-refractivity contribution >= 4 is 40.2 Å². The van der Waals surface area contributed by atoms with E-state index in [9.17, 15) is 9.59 Å². The van der Waals surface area contributed by atoms with Gasteiger partial charge in [0.1, 0.15) is 10.7 Å². The van der Waals surface area contributed by atoms with E-state index in [0.717, 1.165) is 21.1 Å². The van der Waals surface area contributed by atoms with Crippen LogP contribution < -0.4 is 20.5 Å². The lowest BCUT2D eigenvalue weighted by Crippen LogP contribution is -2.33. The third-order valence-electron chi connectivity index (χ3n) is 2.83. The van der Waals surface area contributed by atoms with E-state index in [4.69, 9.17) is 11.0 Å². The number of aromatic nitrogens is 1. The van der Waals surface area contributed by atoms with Crippen molar-refractivity contribution in [3.63, 3.8) is 0 Å². The van der Waals surface area contributed by atoms with Crippen molar-refractivity contribution in [2.75, 3.05) is 0 Å². The summed E-state index contributed by atoms with van der Waals surface area (Å²) in [6, 6.07) is 5.65. The molecule has 0 atom stereocenters. The molecule has 0 aliphatic heterocycles. The number of carbonyl (C=O) groups is 1. The second-order valence-electron chi connectivity index (χ2n) is 4.42. The van der Waals surface area contributed by atoms with Crippen molar-refractivity contribution in [2.45, 2.75) is 13.5 Å². The Morgan fingerprint density at radius 2 is 2.23 bits per heavy atom. The van der Waals surface area contributed by atoms with Crippen LogP contribution in [-0.4, -0.2) is 10.5 Å². The Hall–Kier alpha value is -2.43. The molecule has 0 radical (unpaired) electrons. The molecule has 1 amide bonds. The number of primary amides is 1. The number of nitriles is 1. The van der Waals surface area contributed by atoms with E-state index >= 15 is 0 Å². The SMILES string of the molecule is C=CCn1c(=C(C#N)C(N)=O)sc(=Cc2ccc(C)s2)c1=O. The fourth-order valence-electron chi connectivity index (χ4n) is 1.87. The van der Waals surface area contributed by atoms with Gasteiger partial charge in [0.05, 0.1) is 4.53 Å². The van der Waals surface area contributed by atoms with Crippen LogP contribution in [-0.2, 0) is 11.3 Å². The molecule has 5 nitrogen and oxygen atoms in total. The molecule has 0 aliphatic carbocycles. The topological polar surface area (TPSA) is 88.9 Å². The monoisotopic (exact) mass is 331 g/mol. The fourth-order valence-corrected chi connectivity index (χ4v) is 3.87. The highest BCUT2D eigenvalue weighted by Crippen LogP contribution is 2.15. The van der Waals surface area contributed by atoms with E-state index in [-0.39, 0.29) is 22.3 Å². The number of hydrogen-bond donors (Lipinski definition) is 1. The lowest BCUT2D eigenvalue weighted by molar-refractivity contribution is -0.112. The zero-order valence-corrected chi connectivity index (χ0v) is 13.5. The maximum absolute atomic E-state index is 12.5. The molecule has 0 aliphatic rings. The van der Waals surface area contributed by atoms with Crippen molar-refractivity contribution in [1.82, 2.24) is 4.57 Å². The average Bonchev–Trinajstić information content (AvgIpc) is 2.99. The van der Waals surface area contributed by atoms with Crippen molar-refractivity contribution in [2.24, 2.45) is 5.73 Å². The summed E-state index contributed by atoms with van der Waals surface area (Å²) in [5.74, 6) is -0.847. The maximum Gasteiger partial charge on any atom is 0.269 e. The summed E-state index contributed by atoms with van der Waals surface area (Å²) in [4.78, 5) is 25.9. The van der Waals surface area contributed by atoms with Gasteiger partial charge in [0.2, 0.25) is 0 Å². The first-order valence-electron chi connectivity index (χ1n) is 6.30. The number of aryl methyl sites for hydroxylation is 1. The summed E-state index contributed by atoms with van der Waals surface area (Å²) in [5.41, 5.74) is 4.74. The molecule has 2 heterocycles. The number of thiophene rings is 1. The smallest absolute Gasteiger partial charge is 0.269 e. The predicted octanol–water partition coefficient (Wildman–Crippen LogP) is 0.454. The van der Waals surface area contributed by atoms with Crippen LogP contribution in [0.3, 0.4) is 0 Å². The van der Waals surface area contributed by atoms with Crippen LogP contribution in [0, 0.1) is 18.3 Å². The first kappa shape index (κ1) is 15.9. The van der Waals surface area contributed by atoms with Gasteiger partial charge in [-0.1, -0.05) is 6.08 Å². The van der Waals surface area contributed by atoms with Crippen molar-refractivity contribution < 1.29 is 4.79 Å². The highest BCUT2D eigenvalue weighted by atomic mass is 32.1. The van der Waals surface area contributed by atoms with Gasteiger partial charge in [0.15, 0.2) is 5.57 Å². The average molecular weight is 331 g/mol. The maximum atomic E-state index is 12.5. The zero-order chi connectivity index (χ0) is 16.3. The van der Waals surface area contributed by atoms with Gasteiger partial charge in [-0.05, 0) is 25.1 Å². The summed E-state index contributed by atoms with van der Waals surface area (Å²) < 4.78 is 2.06. The van der Waals surface area contributed by atoms with Crippen LogP contribution >= 0.6 is 22.7 Å². The minimum absolute atomic E-state index is 0.209. The zero-order valence-electron chi connectivity index (χ0n) is 11.8. The molecule has 0 saturated carbocycles. The first-order valence-corrected chi connectivity index (χ1v) is 7.94. The van der Waals surface area contributed by atoms with Crippen LogP contribution in [0.4, 0.5) is 0 Å². The highest BCUT2D eigenvalue weighted by Gasteiger charge is 2.12. The Morgan fingerprint density at radius 1 is 1.50 bits per heavy atom. The van der Waals surface area contributed by atoms with Crippen LogP contribution in [0.1, 0.15) is 9.75 Å². The van der Waals surface area contributed by atoms with E-state index in [0.29, 0.717) is 4.53 Å². The number of amides is 1. The summed E-state index contributed by atoms with van der Waals surface area (Å²) in [7, 11) is 0. The molecular formula is C15H13N3O2S2. The van der Waals surface area contributed by atoms with Gasteiger partial charge < -0.3 is 5.73 Å². The second kappa shape index (κ2) is 6.56. The fraction of sp³-hybridized carbons (Fsp3) is 0.133. The number of hydrogen-bond acceptors (Lipinski definition) is 5. The van der Waals surface area contributed by atoms with Crippen molar-refractivity contribution in [1.29, 1.82) is 5.26 Å². The molecule has 0 unspecified atom stereocenters. The number of carbonyl (C=O) groups excluding carboxylic acids is 1. The van der Waals surface area contributed by atoms with E-state index in [2.05, 4.69) is 6.58 Å². The van der Waals surface area contributed by atoms with E-state index in [1.54, 1.807) is 23.5 Å². The summed E-state index contributed by atoms with van der Waals surface area (Å²) in [6.07, 6.45) is 3.29. The van der Waals surface area contributed by atoms with Crippen LogP contribution in [0.5, 0.6) is 0 Å². The third kappa shape index (κ3) is 3.08. The summed E-state index contributed by atoms with van der Waals surface area (Å²) in [5, 5.41) is 9.11. The molecule has 2 N–H and O–H groups in total. The lowest BCUT2D eigenvalue weighted by atomic mass is 10.3. The van der Waals surface area contributed by atoms with Crippen molar-refractivity contribution in [3.05, 3.63) is 54.1 Å². The van der Waals surface area contributed by atoms with Gasteiger partial charge in [-0.15, -0.1) is 29.3 Å². The Balaban J connectivity index is 2.84. The number of nitrogens with two attached hydrogens (primary N) is 1. The number of allylic oxidation sites excluding steroid dienone is 1. The third-order valence-corrected chi connectivity index (χ3v) is 4.90. The second-order valence-corrected chi connectivity index (χ2v) is 6.77. The van der Waals surface area contributed by atoms with Gasteiger partial charge >= 0.3 is 0 Å². The Morgan fingerprint density at radius 3 is 2.73 bits per heavy atom. The lowest BCUT2D eigenvalue weighted by Gasteiger charge is -1.96. The summed E-state index contributed by atoms with van der Waals surface area (Å²) in [6.45, 7) is 5.78. The number of thiazole rings is 1. The molecular weight excluding hydrogens is 318 g/mol. The highest BCUT2D eigenvalue weighted by molar-refractivity contribution is 7.13. The summed E-state index contributed by atoms with van der Waals surface area (Å²) >= 11 is 2.64. The number of nitrogens with zero attached hydrogens (tertiary/aromatic N) is 2. The van der Waals surface area contributed by atoms with E-state index < -0.39 is 5.91 Å². The molecule has 0 bridgehead atoms. The molecule has 112 valence electrons. The van der Waals surface area contributed by atoms with Gasteiger partial charge in [0, 0.05) is 16.3 Å². The Bertz CT molecular complexity index is 954. The molecule has 0 saturated heterocycles. The quantitative estimate of drug-likeness (QED) is 0.825. The van der Waals surface area contributed by atoms with Gasteiger partial charge in [-0.25, -0.2) is 0 Å². The predicted molar refractivity (Wildman–Crippen MR) is 88.9 cm³/mol. The minimum Gasteiger partial charge on any atom is -0.365 e. The first-order chi connectivity index (χ1) is 10.5. The van der Waals surface area contributed by atoms with Gasteiger partial charge in [-0.3, -0.25) is 14.2 Å². The Kier molecular flexibility index (Phi) is 4.75. The molecule has 7 heteroatoms. The molecule has 2 rings (SSSR count). The van der Waals surface area contributed by atoms with Crippen molar-refractivity contribution in [3.8, 4) is 6.07 Å². The van der Waals surface area contributed by atoms with Crippen LogP contribution in [0.2, 0.25) is 0 Å². The minimum atomic E-state index is -0.847. The molecule has 2 aromatic rings. The normalized spacial score (nSPS) is 12.8. The molecule has 0 spiro atoms. The molecule has 2 aromatic heterocycles.